The number of thioether (sulfide) groups is 1. The molecule has 3 saturated heterocycles. The molecule has 4 aliphatic heterocycles. The number of alkyl carbamates (subject to hydrolysis) is 1. The third kappa shape index (κ3) is 3.39. The smallest absolute Gasteiger partial charge is 0.407 e. The van der Waals surface area contributed by atoms with Crippen molar-refractivity contribution in [2.24, 2.45) is 5.92 Å². The fourth-order valence-electron chi connectivity index (χ4n) is 3.87. The minimum Gasteiger partial charge on any atom is -0.445 e. The lowest BCUT2D eigenvalue weighted by atomic mass is 9.86. The van der Waals surface area contributed by atoms with E-state index in [1.807, 2.05) is 11.8 Å². The average Bonchev–Trinajstić information content (AvgIpc) is 2.56. The van der Waals surface area contributed by atoms with E-state index in [1.165, 1.54) is 10.5 Å². The van der Waals surface area contributed by atoms with Gasteiger partial charge in [0.2, 0.25) is 0 Å². The topological polar surface area (TPSA) is 41.6 Å². The van der Waals surface area contributed by atoms with E-state index in [4.69, 9.17) is 4.74 Å². The minimum absolute atomic E-state index is 0.0531. The van der Waals surface area contributed by atoms with Gasteiger partial charge in [0, 0.05) is 21.7 Å². The van der Waals surface area contributed by atoms with Gasteiger partial charge in [-0.15, -0.1) is 11.8 Å². The monoisotopic (exact) mass is 396 g/mol. The van der Waals surface area contributed by atoms with Crippen LogP contribution >= 0.6 is 27.7 Å². The second kappa shape index (κ2) is 6.65. The van der Waals surface area contributed by atoms with Crippen molar-refractivity contribution in [1.29, 1.82) is 0 Å². The van der Waals surface area contributed by atoms with Crippen molar-refractivity contribution in [2.45, 2.75) is 36.3 Å². The Morgan fingerprint density at radius 1 is 1.30 bits per heavy atom. The molecule has 23 heavy (non-hydrogen) atoms. The lowest BCUT2D eigenvalue weighted by Crippen LogP contribution is -2.52. The molecule has 0 radical (unpaired) electrons. The molecule has 5 rings (SSSR count). The van der Waals surface area contributed by atoms with E-state index in [0.717, 1.165) is 49.1 Å². The summed E-state index contributed by atoms with van der Waals surface area (Å²) in [6, 6.07) is 6.34. The van der Waals surface area contributed by atoms with Gasteiger partial charge < -0.3 is 10.1 Å². The van der Waals surface area contributed by atoms with Gasteiger partial charge >= 0.3 is 6.09 Å². The number of nitrogens with one attached hydrogen (secondary N) is 1. The van der Waals surface area contributed by atoms with Crippen LogP contribution in [0.4, 0.5) is 4.79 Å². The van der Waals surface area contributed by atoms with Crippen molar-refractivity contribution >= 4 is 33.8 Å². The highest BCUT2D eigenvalue weighted by atomic mass is 79.9. The van der Waals surface area contributed by atoms with Crippen molar-refractivity contribution < 1.29 is 9.53 Å². The quantitative estimate of drug-likeness (QED) is 0.824. The van der Waals surface area contributed by atoms with Crippen molar-refractivity contribution in [3.8, 4) is 0 Å². The Hall–Kier alpha value is -0.720. The Morgan fingerprint density at radius 3 is 2.87 bits per heavy atom. The molecule has 1 unspecified atom stereocenters. The number of ether oxygens (including phenoxy) is 1. The molecule has 0 spiro atoms. The fraction of sp³-hybridized carbons (Fsp3) is 0.588. The first-order chi connectivity index (χ1) is 11.2. The Kier molecular flexibility index (Phi) is 4.56. The van der Waals surface area contributed by atoms with Gasteiger partial charge in [-0.3, -0.25) is 4.90 Å². The van der Waals surface area contributed by atoms with Crippen LogP contribution in [-0.4, -0.2) is 42.5 Å². The zero-order valence-corrected chi connectivity index (χ0v) is 15.4. The first-order valence-electron chi connectivity index (χ1n) is 8.31. The Labute approximate surface area is 149 Å². The molecule has 0 saturated carbocycles. The van der Waals surface area contributed by atoms with Crippen LogP contribution in [0.25, 0.3) is 0 Å². The predicted molar refractivity (Wildman–Crippen MR) is 94.8 cm³/mol. The predicted octanol–water partition coefficient (Wildman–Crippen LogP) is 3.81. The lowest BCUT2D eigenvalue weighted by molar-refractivity contribution is -0.0339. The lowest BCUT2D eigenvalue weighted by Gasteiger charge is -2.44. The van der Waals surface area contributed by atoms with Crippen LogP contribution in [-0.2, 0) is 4.74 Å². The summed E-state index contributed by atoms with van der Waals surface area (Å²) in [5.74, 6) is 1.58. The van der Waals surface area contributed by atoms with Gasteiger partial charge in [-0.1, -0.05) is 15.9 Å². The molecule has 1 aromatic rings. The number of fused-ring (bicyclic) bond motifs is 4. The molecule has 1 aromatic carbocycles. The van der Waals surface area contributed by atoms with Crippen LogP contribution in [0, 0.1) is 5.92 Å². The number of rotatable bonds is 2. The Bertz CT molecular complexity index is 604. The molecular formula is C17H21BrN2O2S. The largest absolute Gasteiger partial charge is 0.445 e. The van der Waals surface area contributed by atoms with E-state index >= 15 is 0 Å². The molecule has 1 N–H and O–H groups in total. The third-order valence-electron chi connectivity index (χ3n) is 5.16. The van der Waals surface area contributed by atoms with Crippen LogP contribution in [0.1, 0.15) is 30.9 Å². The number of halogens is 1. The minimum atomic E-state index is -0.258. The normalized spacial score (nSPS) is 32.2. The summed E-state index contributed by atoms with van der Waals surface area (Å²) in [7, 11) is 0. The van der Waals surface area contributed by atoms with Gasteiger partial charge in [-0.2, -0.15) is 0 Å². The maximum atomic E-state index is 12.4. The standard InChI is InChI=1S/C17H21BrN2O2S/c18-12-1-2-16-13(9-12)14(5-8-23-16)19-17(21)22-15-10-20-6-3-11(15)4-7-20/h1-2,9,11,14-15H,3-8,10H2,(H,19,21)/t14?,15-/m0/s1. The zero-order valence-electron chi connectivity index (χ0n) is 13.0. The second-order valence-electron chi connectivity index (χ2n) is 6.60. The van der Waals surface area contributed by atoms with Crippen molar-refractivity contribution in [3.05, 3.63) is 28.2 Å². The van der Waals surface area contributed by atoms with Crippen molar-refractivity contribution in [3.63, 3.8) is 0 Å². The van der Waals surface area contributed by atoms with E-state index in [-0.39, 0.29) is 18.2 Å². The third-order valence-corrected chi connectivity index (χ3v) is 6.77. The highest BCUT2D eigenvalue weighted by Crippen LogP contribution is 2.38. The maximum absolute atomic E-state index is 12.4. The van der Waals surface area contributed by atoms with Gasteiger partial charge in [-0.05, 0) is 62.0 Å². The molecule has 4 nitrogen and oxygen atoms in total. The summed E-state index contributed by atoms with van der Waals surface area (Å²) in [5.41, 5.74) is 1.20. The van der Waals surface area contributed by atoms with Crippen molar-refractivity contribution in [1.82, 2.24) is 10.2 Å². The number of amides is 1. The molecular weight excluding hydrogens is 376 g/mol. The van der Waals surface area contributed by atoms with Gasteiger partial charge in [0.15, 0.2) is 0 Å². The van der Waals surface area contributed by atoms with E-state index in [0.29, 0.717) is 5.92 Å². The fourth-order valence-corrected chi connectivity index (χ4v) is 5.36. The average molecular weight is 397 g/mol. The summed E-state index contributed by atoms with van der Waals surface area (Å²) < 4.78 is 6.82. The van der Waals surface area contributed by atoms with Gasteiger partial charge in [0.1, 0.15) is 6.10 Å². The van der Waals surface area contributed by atoms with E-state index in [1.54, 1.807) is 0 Å². The number of hydrogen-bond donors (Lipinski definition) is 1. The molecule has 124 valence electrons. The second-order valence-corrected chi connectivity index (χ2v) is 8.65. The molecule has 1 amide bonds. The Morgan fingerprint density at radius 2 is 2.13 bits per heavy atom. The van der Waals surface area contributed by atoms with Crippen LogP contribution in [0.5, 0.6) is 0 Å². The summed E-state index contributed by atoms with van der Waals surface area (Å²) >= 11 is 5.38. The zero-order chi connectivity index (χ0) is 15.8. The molecule has 4 heterocycles. The van der Waals surface area contributed by atoms with Crippen LogP contribution < -0.4 is 5.32 Å². The molecule has 0 aromatic heterocycles. The number of hydrogen-bond acceptors (Lipinski definition) is 4. The summed E-state index contributed by atoms with van der Waals surface area (Å²) in [4.78, 5) is 16.0. The Balaban J connectivity index is 1.41. The van der Waals surface area contributed by atoms with Gasteiger partial charge in [0.05, 0.1) is 6.04 Å². The van der Waals surface area contributed by atoms with Crippen molar-refractivity contribution in [2.75, 3.05) is 25.4 Å². The molecule has 2 atom stereocenters. The number of carbonyl (C=O) groups excluding carboxylic acids is 1. The van der Waals surface area contributed by atoms with E-state index < -0.39 is 0 Å². The van der Waals surface area contributed by atoms with Gasteiger partial charge in [0.25, 0.3) is 0 Å². The number of nitrogens with zero attached hydrogens (tertiary/aromatic N) is 1. The molecule has 4 aliphatic rings. The molecule has 6 heteroatoms. The number of benzene rings is 1. The molecule has 0 aliphatic carbocycles. The first kappa shape index (κ1) is 15.8. The number of carbonyl (C=O) groups is 1. The summed E-state index contributed by atoms with van der Waals surface area (Å²) in [6.07, 6.45) is 3.08. The van der Waals surface area contributed by atoms with Gasteiger partial charge in [-0.25, -0.2) is 4.79 Å². The first-order valence-corrected chi connectivity index (χ1v) is 10.1. The SMILES string of the molecule is O=C(NC1CCSc2ccc(Br)cc21)O[C@H]1CN2CCC1CC2. The highest BCUT2D eigenvalue weighted by Gasteiger charge is 2.37. The summed E-state index contributed by atoms with van der Waals surface area (Å²) in [6.45, 7) is 3.22. The molecule has 3 fully saturated rings. The van der Waals surface area contributed by atoms with E-state index in [9.17, 15) is 4.79 Å². The van der Waals surface area contributed by atoms with Crippen LogP contribution in [0.15, 0.2) is 27.6 Å². The van der Waals surface area contributed by atoms with Crippen LogP contribution in [0.2, 0.25) is 0 Å². The molecule has 2 bridgehead atoms. The van der Waals surface area contributed by atoms with E-state index in [2.05, 4.69) is 44.3 Å². The maximum Gasteiger partial charge on any atom is 0.407 e. The highest BCUT2D eigenvalue weighted by molar-refractivity contribution is 9.10. The summed E-state index contributed by atoms with van der Waals surface area (Å²) in [5, 5.41) is 3.10. The number of piperidine rings is 3. The van der Waals surface area contributed by atoms with Crippen LogP contribution in [0.3, 0.4) is 0 Å².